The van der Waals surface area contributed by atoms with Crippen molar-refractivity contribution in [1.29, 1.82) is 0 Å². The second-order valence-electron chi connectivity index (χ2n) is 9.38. The lowest BCUT2D eigenvalue weighted by Crippen LogP contribution is -2.58. The monoisotopic (exact) mass is 449 g/mol. The van der Waals surface area contributed by atoms with E-state index < -0.39 is 5.54 Å². The van der Waals surface area contributed by atoms with Gasteiger partial charge < -0.3 is 10.4 Å². The number of rotatable bonds is 11. The largest absolute Gasteiger partial charge is 0.396 e. The first kappa shape index (κ1) is 25.0. The van der Waals surface area contributed by atoms with E-state index in [-0.39, 0.29) is 18.4 Å². The Morgan fingerprint density at radius 2 is 1.64 bits per heavy atom. The summed E-state index contributed by atoms with van der Waals surface area (Å²) in [6.07, 6.45) is 5.54. The molecule has 2 aromatic rings. The number of benzene rings is 2. The number of amides is 1. The van der Waals surface area contributed by atoms with Crippen LogP contribution in [0, 0.1) is 19.8 Å². The third-order valence-corrected chi connectivity index (χ3v) is 6.71. The molecule has 0 radical (unpaired) electrons. The van der Waals surface area contributed by atoms with E-state index in [4.69, 9.17) is 10.2 Å². The maximum atomic E-state index is 13.8. The van der Waals surface area contributed by atoms with Gasteiger partial charge in [0.1, 0.15) is 5.54 Å². The molecule has 1 aliphatic rings. The first-order chi connectivity index (χ1) is 15.9. The molecule has 178 valence electrons. The molecule has 0 fully saturated rings. The van der Waals surface area contributed by atoms with Crippen molar-refractivity contribution < 1.29 is 9.90 Å². The molecule has 1 heterocycles. The highest BCUT2D eigenvalue weighted by Gasteiger charge is 2.53. The van der Waals surface area contributed by atoms with E-state index in [0.717, 1.165) is 55.5 Å². The molecule has 5 heteroatoms. The molecule has 0 aliphatic carbocycles. The maximum absolute atomic E-state index is 13.8. The molecule has 33 heavy (non-hydrogen) atoms. The SMILES string of the molecule is CCCCC1C(c2ccc(C)cc2)=NN(c2ccc(C)cc2)C1(C)C(=O)NCCCCCO. The predicted molar refractivity (Wildman–Crippen MR) is 137 cm³/mol. The van der Waals surface area contributed by atoms with Gasteiger partial charge in [0.2, 0.25) is 5.91 Å². The fourth-order valence-corrected chi connectivity index (χ4v) is 4.57. The van der Waals surface area contributed by atoms with Crippen LogP contribution in [0.2, 0.25) is 0 Å². The zero-order valence-electron chi connectivity index (χ0n) is 20.6. The second-order valence-corrected chi connectivity index (χ2v) is 9.38. The normalized spacial score (nSPS) is 20.1. The molecule has 2 atom stereocenters. The van der Waals surface area contributed by atoms with Gasteiger partial charge in [0.15, 0.2) is 0 Å². The zero-order valence-corrected chi connectivity index (χ0v) is 20.6. The smallest absolute Gasteiger partial charge is 0.248 e. The molecule has 0 saturated heterocycles. The summed E-state index contributed by atoms with van der Waals surface area (Å²) >= 11 is 0. The lowest BCUT2D eigenvalue weighted by molar-refractivity contribution is -0.126. The van der Waals surface area contributed by atoms with E-state index in [1.165, 1.54) is 11.1 Å². The summed E-state index contributed by atoms with van der Waals surface area (Å²) in [5.74, 6) is -0.00191. The average Bonchev–Trinajstić information content (AvgIpc) is 3.11. The fourth-order valence-electron chi connectivity index (χ4n) is 4.57. The summed E-state index contributed by atoms with van der Waals surface area (Å²) in [4.78, 5) is 13.8. The number of aryl methyl sites for hydroxylation is 2. The van der Waals surface area contributed by atoms with Crippen LogP contribution in [0.5, 0.6) is 0 Å². The van der Waals surface area contributed by atoms with Gasteiger partial charge in [-0.3, -0.25) is 4.79 Å². The highest BCUT2D eigenvalue weighted by Crippen LogP contribution is 2.41. The number of hydrazone groups is 1. The molecule has 0 saturated carbocycles. The molecule has 2 aromatic carbocycles. The first-order valence-electron chi connectivity index (χ1n) is 12.3. The van der Waals surface area contributed by atoms with Crippen LogP contribution >= 0.6 is 0 Å². The van der Waals surface area contributed by atoms with E-state index in [2.05, 4.69) is 74.6 Å². The molecular weight excluding hydrogens is 410 g/mol. The van der Waals surface area contributed by atoms with E-state index in [0.29, 0.717) is 6.54 Å². The Bertz CT molecular complexity index is 937. The van der Waals surface area contributed by atoms with Crippen LogP contribution in [0.4, 0.5) is 5.69 Å². The number of aliphatic hydroxyl groups is 1. The molecule has 2 unspecified atom stereocenters. The summed E-state index contributed by atoms with van der Waals surface area (Å²) in [7, 11) is 0. The van der Waals surface area contributed by atoms with E-state index in [9.17, 15) is 4.79 Å². The first-order valence-corrected chi connectivity index (χ1v) is 12.3. The molecule has 1 amide bonds. The van der Waals surface area contributed by atoms with Crippen molar-refractivity contribution in [3.8, 4) is 0 Å². The van der Waals surface area contributed by atoms with Gasteiger partial charge in [-0.15, -0.1) is 0 Å². The number of carbonyl (C=O) groups excluding carboxylic acids is 1. The molecule has 5 nitrogen and oxygen atoms in total. The zero-order chi connectivity index (χ0) is 23.8. The Morgan fingerprint density at radius 3 is 2.24 bits per heavy atom. The Balaban J connectivity index is 2.00. The van der Waals surface area contributed by atoms with Gasteiger partial charge >= 0.3 is 0 Å². The van der Waals surface area contributed by atoms with Gasteiger partial charge in [0.05, 0.1) is 11.4 Å². The van der Waals surface area contributed by atoms with Crippen LogP contribution in [0.25, 0.3) is 0 Å². The van der Waals surface area contributed by atoms with Crippen molar-refractivity contribution in [2.24, 2.45) is 11.0 Å². The number of nitrogens with one attached hydrogen (secondary N) is 1. The molecule has 2 N–H and O–H groups in total. The molecular formula is C28H39N3O2. The second kappa shape index (κ2) is 11.5. The van der Waals surface area contributed by atoms with Crippen LogP contribution in [0.3, 0.4) is 0 Å². The number of hydrogen-bond donors (Lipinski definition) is 2. The predicted octanol–water partition coefficient (Wildman–Crippen LogP) is 5.37. The van der Waals surface area contributed by atoms with Crippen molar-refractivity contribution in [2.45, 2.75) is 71.8 Å². The van der Waals surface area contributed by atoms with Crippen LogP contribution < -0.4 is 10.3 Å². The molecule has 0 spiro atoms. The van der Waals surface area contributed by atoms with Crippen LogP contribution in [-0.4, -0.2) is 35.4 Å². The number of hydrogen-bond acceptors (Lipinski definition) is 4. The molecule has 1 aliphatic heterocycles. The Hall–Kier alpha value is -2.66. The summed E-state index contributed by atoms with van der Waals surface area (Å²) in [6, 6.07) is 16.7. The minimum atomic E-state index is -0.818. The highest BCUT2D eigenvalue weighted by atomic mass is 16.2. The minimum absolute atomic E-state index is 0.0130. The summed E-state index contributed by atoms with van der Waals surface area (Å²) in [6.45, 7) is 9.18. The van der Waals surface area contributed by atoms with Crippen molar-refractivity contribution in [3.05, 3.63) is 65.2 Å². The van der Waals surface area contributed by atoms with Crippen molar-refractivity contribution in [2.75, 3.05) is 18.2 Å². The number of anilines is 1. The Labute approximate surface area is 198 Å². The number of aliphatic hydroxyl groups excluding tert-OH is 1. The Morgan fingerprint density at radius 1 is 1.00 bits per heavy atom. The third-order valence-electron chi connectivity index (χ3n) is 6.71. The summed E-state index contributed by atoms with van der Waals surface area (Å²) in [5.41, 5.74) is 4.57. The molecule has 0 aromatic heterocycles. The van der Waals surface area contributed by atoms with E-state index in [1.807, 2.05) is 11.9 Å². The lowest BCUT2D eigenvalue weighted by Gasteiger charge is -2.37. The fraction of sp³-hybridized carbons (Fsp3) is 0.500. The molecule has 3 rings (SSSR count). The van der Waals surface area contributed by atoms with Crippen molar-refractivity contribution in [3.63, 3.8) is 0 Å². The molecule has 0 bridgehead atoms. The van der Waals surface area contributed by atoms with Gasteiger partial charge in [0, 0.05) is 19.1 Å². The van der Waals surface area contributed by atoms with Gasteiger partial charge in [-0.05, 0) is 64.2 Å². The quantitative estimate of drug-likeness (QED) is 0.453. The van der Waals surface area contributed by atoms with Gasteiger partial charge in [-0.25, -0.2) is 5.01 Å². The summed E-state index contributed by atoms with van der Waals surface area (Å²) < 4.78 is 0. The maximum Gasteiger partial charge on any atom is 0.248 e. The van der Waals surface area contributed by atoms with Crippen molar-refractivity contribution >= 4 is 17.3 Å². The van der Waals surface area contributed by atoms with E-state index >= 15 is 0 Å². The lowest BCUT2D eigenvalue weighted by atomic mass is 9.76. The van der Waals surface area contributed by atoms with E-state index in [1.54, 1.807) is 0 Å². The van der Waals surface area contributed by atoms with Gasteiger partial charge in [0.25, 0.3) is 0 Å². The Kier molecular flexibility index (Phi) is 8.67. The highest BCUT2D eigenvalue weighted by molar-refractivity contribution is 6.10. The van der Waals surface area contributed by atoms with Gasteiger partial charge in [-0.2, -0.15) is 5.10 Å². The van der Waals surface area contributed by atoms with Crippen LogP contribution in [0.1, 0.15) is 69.1 Å². The third kappa shape index (κ3) is 5.64. The van der Waals surface area contributed by atoms with Crippen molar-refractivity contribution in [1.82, 2.24) is 5.32 Å². The topological polar surface area (TPSA) is 64.9 Å². The number of nitrogens with zero attached hydrogens (tertiary/aromatic N) is 2. The van der Waals surface area contributed by atoms with Gasteiger partial charge in [-0.1, -0.05) is 67.3 Å². The van der Waals surface area contributed by atoms with Crippen LogP contribution in [-0.2, 0) is 4.79 Å². The minimum Gasteiger partial charge on any atom is -0.396 e. The number of unbranched alkanes of at least 4 members (excludes halogenated alkanes) is 3. The average molecular weight is 450 g/mol. The number of carbonyl (C=O) groups is 1. The summed E-state index contributed by atoms with van der Waals surface area (Å²) in [5, 5.41) is 19.3. The van der Waals surface area contributed by atoms with Crippen LogP contribution in [0.15, 0.2) is 53.6 Å². The standard InChI is InChI=1S/C28H39N3O2/c1-5-6-10-25-26(23-15-11-21(2)12-16-23)30-31(24-17-13-22(3)14-18-24)28(25,4)27(33)29-19-8-7-9-20-32/h11-18,25,32H,5-10,19-20H2,1-4H3,(H,29,33).